The highest BCUT2D eigenvalue weighted by Crippen LogP contribution is 2.43. The lowest BCUT2D eigenvalue weighted by atomic mass is 10.1. The van der Waals surface area contributed by atoms with Crippen molar-refractivity contribution in [2.75, 3.05) is 69.4 Å². The largest absolute Gasteiger partial charge is 0.418 e. The molecule has 1 heterocycles. The zero-order valence-electron chi connectivity index (χ0n) is 18.3. The molecule has 34 heavy (non-hydrogen) atoms. The van der Waals surface area contributed by atoms with Gasteiger partial charge in [-0.2, -0.15) is 25.9 Å². The number of likely N-dealkylation sites (N-methyl/N-ethyl adjacent to an activating group) is 1. The molecule has 1 aromatic rings. The van der Waals surface area contributed by atoms with E-state index in [2.05, 4.69) is 20.1 Å². The molecule has 0 aromatic heterocycles. The fourth-order valence-electron chi connectivity index (χ4n) is 3.34. The van der Waals surface area contributed by atoms with Crippen molar-refractivity contribution in [2.24, 2.45) is 0 Å². The summed E-state index contributed by atoms with van der Waals surface area (Å²) in [5.74, 6) is 0. The molecule has 11 nitrogen and oxygen atoms in total. The molecule has 17 heteroatoms. The Morgan fingerprint density at radius 3 is 2.21 bits per heavy atom. The van der Waals surface area contributed by atoms with Crippen molar-refractivity contribution in [3.63, 3.8) is 0 Å². The minimum Gasteiger partial charge on any atom is -0.367 e. The van der Waals surface area contributed by atoms with E-state index >= 15 is 0 Å². The summed E-state index contributed by atoms with van der Waals surface area (Å²) in [6, 6.07) is 0.883. The Bertz CT molecular complexity index is 1110. The van der Waals surface area contributed by atoms with Gasteiger partial charge in [-0.3, -0.25) is 14.3 Å². The minimum absolute atomic E-state index is 0.0159. The number of piperazine rings is 1. The van der Waals surface area contributed by atoms with Gasteiger partial charge in [0.1, 0.15) is 4.90 Å². The average molecular weight is 597 g/mol. The van der Waals surface area contributed by atoms with Crippen LogP contribution in [0.3, 0.4) is 0 Å². The van der Waals surface area contributed by atoms with E-state index in [-0.39, 0.29) is 31.0 Å². The summed E-state index contributed by atoms with van der Waals surface area (Å²) in [4.78, 5) is 12.2. The molecule has 0 atom stereocenters. The average Bonchev–Trinajstić information content (AvgIpc) is 2.71. The Labute approximate surface area is 203 Å². The molecule has 0 bridgehead atoms. The first-order valence-corrected chi connectivity index (χ1v) is 14.2. The number of halogens is 4. The van der Waals surface area contributed by atoms with Crippen molar-refractivity contribution >= 4 is 47.4 Å². The maximum atomic E-state index is 14.1. The Morgan fingerprint density at radius 1 is 1.15 bits per heavy atom. The number of hydrogen-bond acceptors (Lipinski definition) is 9. The van der Waals surface area contributed by atoms with Crippen molar-refractivity contribution in [3.8, 4) is 0 Å². The lowest BCUT2D eigenvalue weighted by Crippen LogP contribution is -2.47. The van der Waals surface area contributed by atoms with Gasteiger partial charge in [-0.1, -0.05) is 15.9 Å². The van der Waals surface area contributed by atoms with E-state index in [1.54, 1.807) is 7.05 Å². The highest BCUT2D eigenvalue weighted by atomic mass is 79.9. The van der Waals surface area contributed by atoms with Crippen LogP contribution in [0, 0.1) is 10.1 Å². The van der Waals surface area contributed by atoms with Crippen molar-refractivity contribution in [1.29, 1.82) is 0 Å². The summed E-state index contributed by atoms with van der Waals surface area (Å²) in [5.41, 5.74) is -3.35. The van der Waals surface area contributed by atoms with Crippen LogP contribution in [0.2, 0.25) is 0 Å². The topological polar surface area (TPSA) is 130 Å². The molecule has 1 aromatic carbocycles. The minimum atomic E-state index is -5.14. The SMILES string of the molecule is CN1CCN(S(=O)(=O)c2cc([N+](=O)[O-])cc(C(F)(F)F)c2N(CCBr)CCOS(C)(=O)=O)CC1. The number of rotatable bonds is 10. The second kappa shape index (κ2) is 11.0. The molecule has 0 unspecified atom stereocenters. The molecule has 0 spiro atoms. The summed E-state index contributed by atoms with van der Waals surface area (Å²) < 4.78 is 97.3. The molecule has 0 N–H and O–H groups in total. The molecule has 0 aliphatic carbocycles. The van der Waals surface area contributed by atoms with Gasteiger partial charge in [0.25, 0.3) is 15.8 Å². The zero-order valence-corrected chi connectivity index (χ0v) is 21.5. The van der Waals surface area contributed by atoms with Crippen molar-refractivity contribution in [2.45, 2.75) is 11.1 Å². The number of alkyl halides is 4. The van der Waals surface area contributed by atoms with Crippen molar-refractivity contribution in [1.82, 2.24) is 9.21 Å². The number of nitro benzene ring substituents is 1. The molecular weight excluding hydrogens is 573 g/mol. The van der Waals surface area contributed by atoms with Gasteiger partial charge >= 0.3 is 6.18 Å². The fourth-order valence-corrected chi connectivity index (χ4v) is 5.82. The molecule has 0 amide bonds. The number of non-ortho nitro benzene ring substituents is 1. The normalized spacial score (nSPS) is 16.5. The number of nitrogens with zero attached hydrogens (tertiary/aromatic N) is 4. The van der Waals surface area contributed by atoms with Crippen LogP contribution in [0.4, 0.5) is 24.5 Å². The summed E-state index contributed by atoms with van der Waals surface area (Å²) in [6.07, 6.45) is -4.38. The molecule has 2 rings (SSSR count). The Morgan fingerprint density at radius 2 is 1.74 bits per heavy atom. The van der Waals surface area contributed by atoms with E-state index in [0.717, 1.165) is 15.5 Å². The third kappa shape index (κ3) is 7.24. The first kappa shape index (κ1) is 28.7. The molecule has 0 radical (unpaired) electrons. The molecule has 1 saturated heterocycles. The van der Waals surface area contributed by atoms with Crippen LogP contribution >= 0.6 is 15.9 Å². The highest BCUT2D eigenvalue weighted by molar-refractivity contribution is 9.09. The van der Waals surface area contributed by atoms with Gasteiger partial charge in [-0.25, -0.2) is 8.42 Å². The van der Waals surface area contributed by atoms with Gasteiger partial charge in [0.2, 0.25) is 10.0 Å². The third-order valence-corrected chi connectivity index (χ3v) is 7.85. The predicted octanol–water partition coefficient (Wildman–Crippen LogP) is 1.73. The van der Waals surface area contributed by atoms with Gasteiger partial charge in [0.05, 0.1) is 29.0 Å². The molecule has 1 aliphatic rings. The Balaban J connectivity index is 2.75. The van der Waals surface area contributed by atoms with Crippen LogP contribution < -0.4 is 4.90 Å². The van der Waals surface area contributed by atoms with Gasteiger partial charge in [-0.15, -0.1) is 0 Å². The smallest absolute Gasteiger partial charge is 0.367 e. The van der Waals surface area contributed by atoms with E-state index in [9.17, 15) is 40.1 Å². The highest BCUT2D eigenvalue weighted by Gasteiger charge is 2.42. The number of hydrogen-bond donors (Lipinski definition) is 0. The van der Waals surface area contributed by atoms with Gasteiger partial charge < -0.3 is 9.80 Å². The molecular formula is C17H24BrF3N4O7S2. The van der Waals surface area contributed by atoms with Crippen LogP contribution in [-0.2, 0) is 30.5 Å². The van der Waals surface area contributed by atoms with E-state index in [4.69, 9.17) is 0 Å². The van der Waals surface area contributed by atoms with E-state index < -0.39 is 66.2 Å². The number of benzene rings is 1. The summed E-state index contributed by atoms with van der Waals surface area (Å²) in [6.45, 7) is -0.542. The number of anilines is 1. The Hall–Kier alpha value is -1.53. The van der Waals surface area contributed by atoms with Crippen LogP contribution in [-0.4, -0.2) is 95.5 Å². The second-order valence-corrected chi connectivity index (χ2v) is 11.8. The molecule has 1 fully saturated rings. The number of nitro groups is 1. The summed E-state index contributed by atoms with van der Waals surface area (Å²) >= 11 is 3.09. The lowest BCUT2D eigenvalue weighted by Gasteiger charge is -2.34. The molecule has 194 valence electrons. The quantitative estimate of drug-likeness (QED) is 0.171. The first-order chi connectivity index (χ1) is 15.6. The third-order valence-electron chi connectivity index (χ3n) is 4.99. The van der Waals surface area contributed by atoms with Crippen LogP contribution in [0.15, 0.2) is 17.0 Å². The lowest BCUT2D eigenvalue weighted by molar-refractivity contribution is -0.385. The van der Waals surface area contributed by atoms with E-state index in [1.165, 1.54) is 0 Å². The first-order valence-electron chi connectivity index (χ1n) is 9.81. The molecule has 1 aliphatic heterocycles. The predicted molar refractivity (Wildman–Crippen MR) is 121 cm³/mol. The maximum absolute atomic E-state index is 14.1. The van der Waals surface area contributed by atoms with E-state index in [1.807, 2.05) is 4.90 Å². The summed E-state index contributed by atoms with van der Waals surface area (Å²) in [7, 11) is -6.75. The fraction of sp³-hybridized carbons (Fsp3) is 0.647. The number of sulfonamides is 1. The van der Waals surface area contributed by atoms with Gasteiger partial charge in [-0.05, 0) is 7.05 Å². The monoisotopic (exact) mass is 596 g/mol. The van der Waals surface area contributed by atoms with E-state index in [0.29, 0.717) is 19.2 Å². The van der Waals surface area contributed by atoms with Gasteiger partial charge in [0.15, 0.2) is 0 Å². The zero-order chi connectivity index (χ0) is 25.9. The summed E-state index contributed by atoms with van der Waals surface area (Å²) in [5, 5.41) is 11.5. The molecule has 0 saturated carbocycles. The Kier molecular flexibility index (Phi) is 9.31. The van der Waals surface area contributed by atoms with Crippen LogP contribution in [0.25, 0.3) is 0 Å². The standard InChI is InChI=1S/C17H24BrF3N4O7S2/c1-22-5-7-24(8-6-22)34(30,31)15-12-13(25(26)27)11-14(17(19,20)21)16(15)23(4-3-18)9-10-32-33(2,28)29/h11-12H,3-10H2,1-2H3. The van der Waals surface area contributed by atoms with Gasteiger partial charge in [0, 0.05) is 56.7 Å². The van der Waals surface area contributed by atoms with Crippen molar-refractivity contribution < 1.29 is 39.1 Å². The van der Waals surface area contributed by atoms with Crippen LogP contribution in [0.5, 0.6) is 0 Å². The van der Waals surface area contributed by atoms with Crippen molar-refractivity contribution in [3.05, 3.63) is 27.8 Å². The van der Waals surface area contributed by atoms with Crippen LogP contribution in [0.1, 0.15) is 5.56 Å². The second-order valence-electron chi connectivity index (χ2n) is 7.50. The maximum Gasteiger partial charge on any atom is 0.418 e.